The molecule has 0 atom stereocenters. The first kappa shape index (κ1) is 14.4. The van der Waals surface area contributed by atoms with Crippen LogP contribution >= 0.6 is 0 Å². The van der Waals surface area contributed by atoms with Crippen LogP contribution in [0.2, 0.25) is 0 Å². The van der Waals surface area contributed by atoms with E-state index in [9.17, 15) is 4.79 Å². The summed E-state index contributed by atoms with van der Waals surface area (Å²) in [5.41, 5.74) is 6.84. The van der Waals surface area contributed by atoms with Gasteiger partial charge < -0.3 is 15.8 Å². The number of carbonyl (C=O) groups excluding carboxylic acids is 1. The number of nitrogens with two attached hydrogens (primary N) is 1. The molecule has 1 aromatic carbocycles. The Kier molecular flexibility index (Phi) is 6.05. The second-order valence-corrected chi connectivity index (χ2v) is 4.19. The average molecular weight is 250 g/mol. The second-order valence-electron chi connectivity index (χ2n) is 4.19. The molecule has 0 aliphatic heterocycles. The maximum Gasteiger partial charge on any atom is 0.251 e. The Labute approximate surface area is 109 Å². The van der Waals surface area contributed by atoms with Gasteiger partial charge in [0, 0.05) is 23.9 Å². The Morgan fingerprint density at radius 1 is 1.28 bits per heavy atom. The van der Waals surface area contributed by atoms with Gasteiger partial charge in [0.15, 0.2) is 0 Å². The third kappa shape index (κ3) is 4.65. The highest BCUT2D eigenvalue weighted by Crippen LogP contribution is 2.18. The summed E-state index contributed by atoms with van der Waals surface area (Å²) in [5.74, 6) is 0.538. The molecule has 0 saturated carbocycles. The minimum Gasteiger partial charge on any atom is -0.494 e. The fourth-order valence-corrected chi connectivity index (χ4v) is 1.68. The molecule has 1 rings (SSSR count). The molecule has 1 aromatic rings. The highest BCUT2D eigenvalue weighted by Gasteiger charge is 2.07. The minimum atomic E-state index is -0.0978. The zero-order chi connectivity index (χ0) is 13.4. The zero-order valence-electron chi connectivity index (χ0n) is 11.2. The molecule has 4 nitrogen and oxygen atoms in total. The Hall–Kier alpha value is -1.71. The molecule has 0 saturated heterocycles. The van der Waals surface area contributed by atoms with E-state index in [1.54, 1.807) is 18.2 Å². The smallest absolute Gasteiger partial charge is 0.251 e. The molecule has 4 heteroatoms. The molecule has 100 valence electrons. The summed E-state index contributed by atoms with van der Waals surface area (Å²) in [6.07, 6.45) is 3.27. The van der Waals surface area contributed by atoms with Crippen molar-refractivity contribution in [3.63, 3.8) is 0 Å². The Morgan fingerprint density at radius 3 is 2.72 bits per heavy atom. The standard InChI is InChI=1S/C14H22N2O2/c1-3-5-6-7-16-14(17)11-8-12(15)10-13(9-11)18-4-2/h8-10H,3-7,15H2,1-2H3,(H,16,17). The Bertz CT molecular complexity index is 391. The quantitative estimate of drug-likeness (QED) is 0.577. The molecular weight excluding hydrogens is 228 g/mol. The van der Waals surface area contributed by atoms with Gasteiger partial charge >= 0.3 is 0 Å². The molecule has 18 heavy (non-hydrogen) atoms. The number of carbonyl (C=O) groups is 1. The van der Waals surface area contributed by atoms with Crippen molar-refractivity contribution in [2.75, 3.05) is 18.9 Å². The van der Waals surface area contributed by atoms with E-state index in [1.165, 1.54) is 0 Å². The largest absolute Gasteiger partial charge is 0.494 e. The summed E-state index contributed by atoms with van der Waals surface area (Å²) in [6.45, 7) is 5.29. The SMILES string of the molecule is CCCCCNC(=O)c1cc(N)cc(OCC)c1. The van der Waals surface area contributed by atoms with Gasteiger partial charge in [-0.1, -0.05) is 19.8 Å². The molecule has 0 heterocycles. The van der Waals surface area contributed by atoms with Gasteiger partial charge in [-0.25, -0.2) is 0 Å². The van der Waals surface area contributed by atoms with Gasteiger partial charge in [-0.05, 0) is 25.5 Å². The van der Waals surface area contributed by atoms with Crippen molar-refractivity contribution in [1.29, 1.82) is 0 Å². The topological polar surface area (TPSA) is 64.4 Å². The van der Waals surface area contributed by atoms with Crippen LogP contribution < -0.4 is 15.8 Å². The van der Waals surface area contributed by atoms with Crippen molar-refractivity contribution >= 4 is 11.6 Å². The van der Waals surface area contributed by atoms with E-state index in [0.717, 1.165) is 19.3 Å². The number of ether oxygens (including phenoxy) is 1. The van der Waals surface area contributed by atoms with Crippen LogP contribution in [0.4, 0.5) is 5.69 Å². The van der Waals surface area contributed by atoms with E-state index >= 15 is 0 Å². The molecule has 0 unspecified atom stereocenters. The number of anilines is 1. The van der Waals surface area contributed by atoms with E-state index in [4.69, 9.17) is 10.5 Å². The van der Waals surface area contributed by atoms with E-state index in [1.807, 2.05) is 6.92 Å². The lowest BCUT2D eigenvalue weighted by molar-refractivity contribution is 0.0952. The molecule has 0 aromatic heterocycles. The monoisotopic (exact) mass is 250 g/mol. The van der Waals surface area contributed by atoms with Crippen LogP contribution in [0.5, 0.6) is 5.75 Å². The summed E-state index contributed by atoms with van der Waals surface area (Å²) in [5, 5.41) is 2.88. The molecule has 1 amide bonds. The first-order valence-electron chi connectivity index (χ1n) is 6.49. The van der Waals surface area contributed by atoms with Crippen molar-refractivity contribution in [2.45, 2.75) is 33.1 Å². The summed E-state index contributed by atoms with van der Waals surface area (Å²) < 4.78 is 5.36. The Balaban J connectivity index is 2.61. The van der Waals surface area contributed by atoms with Gasteiger partial charge in [0.2, 0.25) is 0 Å². The number of rotatable bonds is 7. The van der Waals surface area contributed by atoms with Crippen molar-refractivity contribution in [3.8, 4) is 5.75 Å². The van der Waals surface area contributed by atoms with E-state index < -0.39 is 0 Å². The van der Waals surface area contributed by atoms with Crippen molar-refractivity contribution in [2.24, 2.45) is 0 Å². The van der Waals surface area contributed by atoms with E-state index in [0.29, 0.717) is 30.2 Å². The van der Waals surface area contributed by atoms with Crippen LogP contribution in [0.15, 0.2) is 18.2 Å². The van der Waals surface area contributed by atoms with Crippen molar-refractivity contribution in [1.82, 2.24) is 5.32 Å². The fraction of sp³-hybridized carbons (Fsp3) is 0.500. The maximum absolute atomic E-state index is 11.9. The van der Waals surface area contributed by atoms with Gasteiger partial charge in [0.1, 0.15) is 5.75 Å². The molecule has 0 aliphatic carbocycles. The Morgan fingerprint density at radius 2 is 2.06 bits per heavy atom. The number of nitrogen functional groups attached to an aromatic ring is 1. The number of hydrogen-bond donors (Lipinski definition) is 2. The lowest BCUT2D eigenvalue weighted by Crippen LogP contribution is -2.24. The summed E-state index contributed by atoms with van der Waals surface area (Å²) in [7, 11) is 0. The lowest BCUT2D eigenvalue weighted by atomic mass is 10.1. The van der Waals surface area contributed by atoms with Gasteiger partial charge in [-0.15, -0.1) is 0 Å². The molecular formula is C14H22N2O2. The van der Waals surface area contributed by atoms with Gasteiger partial charge in [-0.2, -0.15) is 0 Å². The molecule has 0 aliphatic rings. The summed E-state index contributed by atoms with van der Waals surface area (Å²) in [6, 6.07) is 5.10. The number of amides is 1. The number of benzene rings is 1. The molecule has 0 fully saturated rings. The molecule has 3 N–H and O–H groups in total. The number of unbranched alkanes of at least 4 members (excludes halogenated alkanes) is 2. The molecule has 0 radical (unpaired) electrons. The lowest BCUT2D eigenvalue weighted by Gasteiger charge is -2.09. The predicted octanol–water partition coefficient (Wildman–Crippen LogP) is 2.59. The van der Waals surface area contributed by atoms with Crippen LogP contribution in [0.3, 0.4) is 0 Å². The maximum atomic E-state index is 11.9. The summed E-state index contributed by atoms with van der Waals surface area (Å²) in [4.78, 5) is 11.9. The molecule has 0 spiro atoms. The second kappa shape index (κ2) is 7.58. The van der Waals surface area contributed by atoms with Crippen LogP contribution in [0.25, 0.3) is 0 Å². The first-order chi connectivity index (χ1) is 8.67. The third-order valence-corrected chi connectivity index (χ3v) is 2.57. The van der Waals surface area contributed by atoms with Gasteiger partial charge in [0.05, 0.1) is 6.61 Å². The van der Waals surface area contributed by atoms with Crippen LogP contribution in [0, 0.1) is 0 Å². The van der Waals surface area contributed by atoms with E-state index in [2.05, 4.69) is 12.2 Å². The van der Waals surface area contributed by atoms with Crippen LogP contribution in [-0.4, -0.2) is 19.1 Å². The predicted molar refractivity (Wildman–Crippen MR) is 73.9 cm³/mol. The third-order valence-electron chi connectivity index (χ3n) is 2.57. The highest BCUT2D eigenvalue weighted by atomic mass is 16.5. The average Bonchev–Trinajstić information content (AvgIpc) is 2.34. The van der Waals surface area contributed by atoms with Crippen LogP contribution in [-0.2, 0) is 0 Å². The summed E-state index contributed by atoms with van der Waals surface area (Å²) >= 11 is 0. The van der Waals surface area contributed by atoms with Crippen LogP contribution in [0.1, 0.15) is 43.5 Å². The normalized spacial score (nSPS) is 10.1. The highest BCUT2D eigenvalue weighted by molar-refractivity contribution is 5.95. The minimum absolute atomic E-state index is 0.0978. The first-order valence-corrected chi connectivity index (χ1v) is 6.49. The number of hydrogen-bond acceptors (Lipinski definition) is 3. The van der Waals surface area contributed by atoms with Crippen molar-refractivity contribution < 1.29 is 9.53 Å². The zero-order valence-corrected chi connectivity index (χ0v) is 11.2. The number of nitrogens with one attached hydrogen (secondary N) is 1. The van der Waals surface area contributed by atoms with E-state index in [-0.39, 0.29) is 5.91 Å². The fourth-order valence-electron chi connectivity index (χ4n) is 1.68. The molecule has 0 bridgehead atoms. The van der Waals surface area contributed by atoms with Gasteiger partial charge in [0.25, 0.3) is 5.91 Å². The van der Waals surface area contributed by atoms with Gasteiger partial charge in [-0.3, -0.25) is 4.79 Å². The van der Waals surface area contributed by atoms with Crippen molar-refractivity contribution in [3.05, 3.63) is 23.8 Å².